The van der Waals surface area contributed by atoms with Gasteiger partial charge in [0, 0.05) is 42.1 Å². The third-order valence-corrected chi connectivity index (χ3v) is 5.03. The van der Waals surface area contributed by atoms with Crippen molar-refractivity contribution in [3.8, 4) is 0 Å². The molecule has 3 aromatic rings. The van der Waals surface area contributed by atoms with Crippen LogP contribution in [0.3, 0.4) is 0 Å². The van der Waals surface area contributed by atoms with Crippen LogP contribution in [0.1, 0.15) is 10.4 Å². The second kappa shape index (κ2) is 8.52. The van der Waals surface area contributed by atoms with Gasteiger partial charge in [-0.25, -0.2) is 9.18 Å². The number of esters is 1. The monoisotopic (exact) mass is 426 g/mol. The first kappa shape index (κ1) is 20.5. The lowest BCUT2D eigenvalue weighted by molar-refractivity contribution is -0.384. The van der Waals surface area contributed by atoms with Crippen molar-refractivity contribution in [2.75, 3.05) is 43.6 Å². The first-order chi connectivity index (χ1) is 15.0. The zero-order valence-corrected chi connectivity index (χ0v) is 16.6. The van der Waals surface area contributed by atoms with Gasteiger partial charge in [-0.2, -0.15) is 0 Å². The Balaban J connectivity index is 1.87. The maximum atomic E-state index is 13.6. The molecule has 9 nitrogen and oxygen atoms in total. The fourth-order valence-corrected chi connectivity index (χ4v) is 3.56. The number of carbonyl (C=O) groups excluding carboxylic acids is 1. The number of morpholine rings is 1. The number of pyridine rings is 1. The number of methoxy groups -OCH3 is 1. The van der Waals surface area contributed by atoms with Gasteiger partial charge >= 0.3 is 11.7 Å². The molecule has 4 rings (SSSR count). The molecule has 0 unspecified atom stereocenters. The van der Waals surface area contributed by atoms with Gasteiger partial charge in [0.1, 0.15) is 17.1 Å². The number of ether oxygens (including phenoxy) is 2. The average Bonchev–Trinajstić information content (AvgIpc) is 2.78. The van der Waals surface area contributed by atoms with Crippen molar-refractivity contribution in [3.63, 3.8) is 0 Å². The Hall–Kier alpha value is -3.79. The topological polar surface area (TPSA) is 107 Å². The SMILES string of the molecule is COC(=O)c1cc(N2CCOCC2)cc(Nc2ccnc3cc(F)ccc23)c1[N+](=O)[O-]. The van der Waals surface area contributed by atoms with Crippen LogP contribution in [0.25, 0.3) is 10.9 Å². The zero-order valence-electron chi connectivity index (χ0n) is 16.6. The molecule has 2 heterocycles. The maximum absolute atomic E-state index is 13.6. The van der Waals surface area contributed by atoms with Crippen LogP contribution >= 0.6 is 0 Å². The van der Waals surface area contributed by atoms with E-state index >= 15 is 0 Å². The summed E-state index contributed by atoms with van der Waals surface area (Å²) in [7, 11) is 1.17. The van der Waals surface area contributed by atoms with Crippen molar-refractivity contribution in [1.29, 1.82) is 0 Å². The van der Waals surface area contributed by atoms with E-state index < -0.39 is 22.4 Å². The molecule has 31 heavy (non-hydrogen) atoms. The molecule has 0 spiro atoms. The van der Waals surface area contributed by atoms with Crippen LogP contribution in [0.5, 0.6) is 0 Å². The summed E-state index contributed by atoms with van der Waals surface area (Å²) < 4.78 is 23.8. The van der Waals surface area contributed by atoms with Crippen LogP contribution in [0.2, 0.25) is 0 Å². The predicted octanol–water partition coefficient (Wildman–Crippen LogP) is 3.65. The molecular weight excluding hydrogens is 407 g/mol. The van der Waals surface area contributed by atoms with Crippen LogP contribution in [0, 0.1) is 15.9 Å². The van der Waals surface area contributed by atoms with Gasteiger partial charge in [-0.05, 0) is 30.3 Å². The Kier molecular flexibility index (Phi) is 5.63. The summed E-state index contributed by atoms with van der Waals surface area (Å²) in [5.41, 5.74) is 1.06. The van der Waals surface area contributed by atoms with Gasteiger partial charge in [0.25, 0.3) is 0 Å². The summed E-state index contributed by atoms with van der Waals surface area (Å²) in [5, 5.41) is 15.5. The third-order valence-electron chi connectivity index (χ3n) is 5.03. The number of anilines is 3. The third kappa shape index (κ3) is 4.10. The minimum Gasteiger partial charge on any atom is -0.465 e. The van der Waals surface area contributed by atoms with Crippen LogP contribution in [0.15, 0.2) is 42.6 Å². The number of nitrogens with one attached hydrogen (secondary N) is 1. The number of hydrogen-bond donors (Lipinski definition) is 1. The van der Waals surface area contributed by atoms with E-state index in [1.165, 1.54) is 31.5 Å². The fraction of sp³-hybridized carbons (Fsp3) is 0.238. The Labute approximate surface area is 176 Å². The van der Waals surface area contributed by atoms with E-state index in [0.29, 0.717) is 48.6 Å². The summed E-state index contributed by atoms with van der Waals surface area (Å²) in [5.74, 6) is -1.25. The standard InChI is InChI=1S/C21H19FN4O5/c1-30-21(27)16-11-14(25-6-8-31-9-7-25)12-19(20(16)26(28)29)24-17-4-5-23-18-10-13(22)2-3-15(17)18/h2-5,10-12H,6-9H2,1H3,(H,23,24). The molecule has 1 aliphatic heterocycles. The number of halogens is 1. The van der Waals surface area contributed by atoms with Gasteiger partial charge in [-0.3, -0.25) is 15.1 Å². The molecule has 1 N–H and O–H groups in total. The summed E-state index contributed by atoms with van der Waals surface area (Å²) >= 11 is 0. The molecule has 0 saturated carbocycles. The van der Waals surface area contributed by atoms with Gasteiger partial charge < -0.3 is 19.7 Å². The number of benzene rings is 2. The van der Waals surface area contributed by atoms with Crippen molar-refractivity contribution in [2.24, 2.45) is 0 Å². The average molecular weight is 426 g/mol. The molecule has 0 radical (unpaired) electrons. The van der Waals surface area contributed by atoms with Crippen LogP contribution < -0.4 is 10.2 Å². The van der Waals surface area contributed by atoms with Crippen LogP contribution in [0.4, 0.5) is 27.1 Å². The molecule has 160 valence electrons. The number of rotatable bonds is 5. The predicted molar refractivity (Wildman–Crippen MR) is 112 cm³/mol. The van der Waals surface area contributed by atoms with Gasteiger partial charge in [0.2, 0.25) is 0 Å². The minimum atomic E-state index is -0.813. The molecular formula is C21H19FN4O5. The van der Waals surface area contributed by atoms with Gasteiger partial charge in [-0.15, -0.1) is 0 Å². The van der Waals surface area contributed by atoms with Crippen molar-refractivity contribution in [3.05, 3.63) is 64.1 Å². The van der Waals surface area contributed by atoms with Gasteiger partial charge in [0.15, 0.2) is 0 Å². The summed E-state index contributed by atoms with van der Waals surface area (Å²) in [6, 6.07) is 8.81. The summed E-state index contributed by atoms with van der Waals surface area (Å²) in [4.78, 5) is 29.8. The normalized spacial score (nSPS) is 13.8. The van der Waals surface area contributed by atoms with E-state index in [1.54, 1.807) is 18.2 Å². The van der Waals surface area contributed by atoms with E-state index in [9.17, 15) is 19.3 Å². The zero-order chi connectivity index (χ0) is 22.0. The van der Waals surface area contributed by atoms with Crippen molar-refractivity contribution in [1.82, 2.24) is 4.98 Å². The molecule has 2 aromatic carbocycles. The Bertz CT molecular complexity index is 1160. The van der Waals surface area contributed by atoms with Gasteiger partial charge in [0.05, 0.1) is 30.8 Å². The second-order valence-electron chi connectivity index (χ2n) is 6.88. The molecule has 0 aliphatic carbocycles. The Morgan fingerprint density at radius 2 is 2.00 bits per heavy atom. The highest BCUT2D eigenvalue weighted by molar-refractivity contribution is 6.00. The number of nitrogens with zero attached hydrogens (tertiary/aromatic N) is 3. The van der Waals surface area contributed by atoms with Crippen LogP contribution in [-0.4, -0.2) is 49.3 Å². The highest BCUT2D eigenvalue weighted by atomic mass is 19.1. The molecule has 1 aromatic heterocycles. The molecule has 1 fully saturated rings. The molecule has 10 heteroatoms. The number of fused-ring (bicyclic) bond motifs is 1. The second-order valence-corrected chi connectivity index (χ2v) is 6.88. The summed E-state index contributed by atoms with van der Waals surface area (Å²) in [6.07, 6.45) is 1.48. The molecule has 1 aliphatic rings. The lowest BCUT2D eigenvalue weighted by atomic mass is 10.1. The molecule has 0 atom stereocenters. The van der Waals surface area contributed by atoms with E-state index in [4.69, 9.17) is 9.47 Å². The number of aromatic nitrogens is 1. The minimum absolute atomic E-state index is 0.117. The van der Waals surface area contributed by atoms with Crippen molar-refractivity contribution >= 4 is 39.6 Å². The number of nitro groups is 1. The maximum Gasteiger partial charge on any atom is 0.345 e. The van der Waals surface area contributed by atoms with Crippen LogP contribution in [-0.2, 0) is 9.47 Å². The lowest BCUT2D eigenvalue weighted by Crippen LogP contribution is -2.36. The smallest absolute Gasteiger partial charge is 0.345 e. The van der Waals surface area contributed by atoms with Gasteiger partial charge in [-0.1, -0.05) is 0 Å². The molecule has 0 bridgehead atoms. The highest BCUT2D eigenvalue weighted by Crippen LogP contribution is 2.38. The lowest BCUT2D eigenvalue weighted by Gasteiger charge is -2.29. The van der Waals surface area contributed by atoms with E-state index in [2.05, 4.69) is 10.3 Å². The van der Waals surface area contributed by atoms with E-state index in [-0.39, 0.29) is 11.3 Å². The first-order valence-electron chi connectivity index (χ1n) is 9.52. The fourth-order valence-electron chi connectivity index (χ4n) is 3.56. The highest BCUT2D eigenvalue weighted by Gasteiger charge is 2.29. The molecule has 1 saturated heterocycles. The molecule has 0 amide bonds. The summed E-state index contributed by atoms with van der Waals surface area (Å²) in [6.45, 7) is 2.17. The number of nitro benzene ring substituents is 1. The van der Waals surface area contributed by atoms with E-state index in [1.807, 2.05) is 4.90 Å². The largest absolute Gasteiger partial charge is 0.465 e. The van der Waals surface area contributed by atoms with E-state index in [0.717, 1.165) is 0 Å². The Morgan fingerprint density at radius 3 is 2.71 bits per heavy atom. The van der Waals surface area contributed by atoms with Crippen molar-refractivity contribution < 1.29 is 23.6 Å². The number of hydrogen-bond acceptors (Lipinski definition) is 8. The Morgan fingerprint density at radius 1 is 1.23 bits per heavy atom. The first-order valence-corrected chi connectivity index (χ1v) is 9.52. The number of carbonyl (C=O) groups is 1. The van der Waals surface area contributed by atoms with Crippen molar-refractivity contribution in [2.45, 2.75) is 0 Å². The quantitative estimate of drug-likeness (QED) is 0.374.